The van der Waals surface area contributed by atoms with Gasteiger partial charge in [0.05, 0.1) is 27.4 Å². The highest BCUT2D eigenvalue weighted by Crippen LogP contribution is 2.39. The number of hydrogen-bond acceptors (Lipinski definition) is 8. The van der Waals surface area contributed by atoms with E-state index in [0.29, 0.717) is 35.2 Å². The summed E-state index contributed by atoms with van der Waals surface area (Å²) in [7, 11) is 3.18. The van der Waals surface area contributed by atoms with E-state index < -0.39 is 30.2 Å². The van der Waals surface area contributed by atoms with Gasteiger partial charge in [-0.3, -0.25) is 0 Å². The molecule has 1 fully saturated rings. The van der Waals surface area contributed by atoms with Crippen LogP contribution in [0.3, 0.4) is 0 Å². The van der Waals surface area contributed by atoms with Crippen molar-refractivity contribution in [3.8, 4) is 23.0 Å². The topological polar surface area (TPSA) is 95.8 Å². The Kier molecular flexibility index (Phi) is 8.79. The molecule has 0 radical (unpaired) electrons. The lowest BCUT2D eigenvalue weighted by atomic mass is 10.0. The highest BCUT2D eigenvalue weighted by molar-refractivity contribution is 5.44. The predicted octanol–water partition coefficient (Wildman–Crippen LogP) is 4.76. The summed E-state index contributed by atoms with van der Waals surface area (Å²) < 4.78 is 35.1. The van der Waals surface area contributed by atoms with Gasteiger partial charge in [0.25, 0.3) is 0 Å². The highest BCUT2D eigenvalue weighted by Gasteiger charge is 2.39. The fraction of sp³-hybridized carbons (Fsp3) is 0.400. The molecule has 8 heteroatoms. The largest absolute Gasteiger partial charge is 0.493 e. The average Bonchev–Trinajstić information content (AvgIpc) is 2.93. The van der Waals surface area contributed by atoms with Gasteiger partial charge in [0.1, 0.15) is 23.7 Å². The monoisotopic (exact) mass is 524 g/mol. The first-order valence-corrected chi connectivity index (χ1v) is 12.6. The molecule has 1 saturated heterocycles. The fourth-order valence-corrected chi connectivity index (χ4v) is 4.32. The molecule has 4 atom stereocenters. The Morgan fingerprint density at radius 3 is 2.21 bits per heavy atom. The molecular weight excluding hydrogens is 488 g/mol. The normalized spacial score (nSPS) is 20.3. The first kappa shape index (κ1) is 27.7. The number of hydrogen-bond donors (Lipinski definition) is 2. The maximum atomic E-state index is 10.9. The highest BCUT2D eigenvalue weighted by atomic mass is 16.7. The van der Waals surface area contributed by atoms with Crippen molar-refractivity contribution in [2.75, 3.05) is 27.4 Å². The van der Waals surface area contributed by atoms with Gasteiger partial charge in [-0.2, -0.15) is 0 Å². The van der Waals surface area contributed by atoms with E-state index in [1.807, 2.05) is 63.2 Å². The molecule has 8 nitrogen and oxygen atoms in total. The SMILES string of the molecule is COc1ccc([C@@H]2OC(C)(C)OC[C@H]2Oc2ccc([C@@H](O)[C@H](CO)Oc3ccc(C)cc3)cc2)cc1OC. The summed E-state index contributed by atoms with van der Waals surface area (Å²) in [5.41, 5.74) is 2.56. The second-order valence-electron chi connectivity index (χ2n) is 9.69. The van der Waals surface area contributed by atoms with E-state index in [0.717, 1.165) is 11.1 Å². The second-order valence-corrected chi connectivity index (χ2v) is 9.69. The number of aryl methyl sites for hydroxylation is 1. The predicted molar refractivity (Wildman–Crippen MR) is 142 cm³/mol. The third-order valence-corrected chi connectivity index (χ3v) is 6.43. The van der Waals surface area contributed by atoms with Gasteiger partial charge >= 0.3 is 0 Å². The number of methoxy groups -OCH3 is 2. The van der Waals surface area contributed by atoms with Gasteiger partial charge in [0, 0.05) is 0 Å². The Balaban J connectivity index is 1.48. The minimum atomic E-state index is -1.03. The molecule has 0 saturated carbocycles. The van der Waals surface area contributed by atoms with Crippen molar-refractivity contribution in [2.45, 2.75) is 51.0 Å². The Labute approximate surface area is 223 Å². The van der Waals surface area contributed by atoms with Crippen LogP contribution in [-0.4, -0.2) is 55.6 Å². The zero-order valence-electron chi connectivity index (χ0n) is 22.4. The zero-order valence-corrected chi connectivity index (χ0v) is 22.4. The minimum Gasteiger partial charge on any atom is -0.493 e. The van der Waals surface area contributed by atoms with Crippen molar-refractivity contribution < 1.29 is 38.6 Å². The molecular formula is C30H36O8. The molecule has 3 aromatic rings. The van der Waals surface area contributed by atoms with Crippen molar-refractivity contribution in [1.29, 1.82) is 0 Å². The van der Waals surface area contributed by atoms with Crippen LogP contribution >= 0.6 is 0 Å². The summed E-state index contributed by atoms with van der Waals surface area (Å²) in [6, 6.07) is 20.1. The minimum absolute atomic E-state index is 0.313. The van der Waals surface area contributed by atoms with Crippen molar-refractivity contribution in [3.63, 3.8) is 0 Å². The average molecular weight is 525 g/mol. The van der Waals surface area contributed by atoms with Crippen LogP contribution in [0.25, 0.3) is 0 Å². The molecule has 0 unspecified atom stereocenters. The van der Waals surface area contributed by atoms with Crippen LogP contribution in [0.4, 0.5) is 0 Å². The van der Waals surface area contributed by atoms with E-state index in [9.17, 15) is 10.2 Å². The molecule has 204 valence electrons. The van der Waals surface area contributed by atoms with Gasteiger partial charge in [0.15, 0.2) is 29.5 Å². The number of aliphatic hydroxyl groups excluding tert-OH is 2. The summed E-state index contributed by atoms with van der Waals surface area (Å²) in [5.74, 6) is 1.60. The molecule has 0 aliphatic carbocycles. The van der Waals surface area contributed by atoms with Crippen LogP contribution in [-0.2, 0) is 9.47 Å². The summed E-state index contributed by atoms with van der Waals surface area (Å²) in [4.78, 5) is 0. The lowest BCUT2D eigenvalue weighted by molar-refractivity contribution is -0.302. The number of rotatable bonds is 10. The van der Waals surface area contributed by atoms with Crippen molar-refractivity contribution >= 4 is 0 Å². The van der Waals surface area contributed by atoms with Gasteiger partial charge < -0.3 is 38.6 Å². The number of aliphatic hydroxyl groups is 2. The molecule has 1 heterocycles. The molecule has 0 bridgehead atoms. The van der Waals surface area contributed by atoms with Crippen LogP contribution in [0.2, 0.25) is 0 Å². The zero-order chi connectivity index (χ0) is 27.3. The van der Waals surface area contributed by atoms with E-state index in [1.54, 1.807) is 38.5 Å². The Morgan fingerprint density at radius 2 is 1.58 bits per heavy atom. The van der Waals surface area contributed by atoms with Crippen LogP contribution in [0, 0.1) is 6.92 Å². The third kappa shape index (κ3) is 6.57. The van der Waals surface area contributed by atoms with Gasteiger partial charge in [-0.1, -0.05) is 35.9 Å². The van der Waals surface area contributed by atoms with E-state index >= 15 is 0 Å². The summed E-state index contributed by atoms with van der Waals surface area (Å²) in [6.07, 6.45) is -2.71. The summed E-state index contributed by atoms with van der Waals surface area (Å²) in [5, 5.41) is 20.7. The molecule has 4 rings (SSSR count). The van der Waals surface area contributed by atoms with Gasteiger partial charge in [0.2, 0.25) is 0 Å². The molecule has 1 aliphatic heterocycles. The molecule has 0 aromatic heterocycles. The standard InChI is InChI=1S/C30H36O8/c1-19-6-11-22(12-7-19)36-26(17-31)28(32)20-8-13-23(14-9-20)37-27-18-35-30(2,3)38-29(27)21-10-15-24(33-4)25(16-21)34-5/h6-16,26-29,31-32H,17-18H2,1-5H3/t26-,27+,28+,29-/m0/s1. The number of ether oxygens (including phenoxy) is 6. The van der Waals surface area contributed by atoms with E-state index in [1.165, 1.54) is 0 Å². The Bertz CT molecular complexity index is 1180. The van der Waals surface area contributed by atoms with Crippen LogP contribution < -0.4 is 18.9 Å². The lowest BCUT2D eigenvalue weighted by Gasteiger charge is -2.41. The van der Waals surface area contributed by atoms with E-state index in [-0.39, 0.29) is 6.61 Å². The van der Waals surface area contributed by atoms with Gasteiger partial charge in [-0.05, 0) is 68.3 Å². The molecule has 0 spiro atoms. The van der Waals surface area contributed by atoms with E-state index in [4.69, 9.17) is 28.4 Å². The summed E-state index contributed by atoms with van der Waals surface area (Å²) in [6.45, 7) is 5.68. The third-order valence-electron chi connectivity index (χ3n) is 6.43. The first-order valence-electron chi connectivity index (χ1n) is 12.6. The molecule has 1 aliphatic rings. The van der Waals surface area contributed by atoms with Crippen LogP contribution in [0.5, 0.6) is 23.0 Å². The van der Waals surface area contributed by atoms with Crippen molar-refractivity contribution in [3.05, 3.63) is 83.4 Å². The van der Waals surface area contributed by atoms with Crippen LogP contribution in [0.15, 0.2) is 66.7 Å². The number of benzene rings is 3. The molecule has 2 N–H and O–H groups in total. The first-order chi connectivity index (χ1) is 18.2. The van der Waals surface area contributed by atoms with Crippen LogP contribution in [0.1, 0.15) is 42.7 Å². The van der Waals surface area contributed by atoms with Crippen molar-refractivity contribution in [1.82, 2.24) is 0 Å². The van der Waals surface area contributed by atoms with Gasteiger partial charge in [-0.15, -0.1) is 0 Å². The summed E-state index contributed by atoms with van der Waals surface area (Å²) >= 11 is 0. The quantitative estimate of drug-likeness (QED) is 0.392. The molecule has 38 heavy (non-hydrogen) atoms. The molecule has 3 aromatic carbocycles. The maximum Gasteiger partial charge on any atom is 0.163 e. The van der Waals surface area contributed by atoms with Crippen molar-refractivity contribution in [2.24, 2.45) is 0 Å². The fourth-order valence-electron chi connectivity index (χ4n) is 4.32. The second kappa shape index (κ2) is 12.0. The lowest BCUT2D eigenvalue weighted by Crippen LogP contribution is -2.46. The van der Waals surface area contributed by atoms with E-state index in [2.05, 4.69) is 0 Å². The Hall–Kier alpha value is -3.30. The maximum absolute atomic E-state index is 10.9. The van der Waals surface area contributed by atoms with Gasteiger partial charge in [-0.25, -0.2) is 0 Å². The Morgan fingerprint density at radius 1 is 0.921 bits per heavy atom. The smallest absolute Gasteiger partial charge is 0.163 e. The molecule has 0 amide bonds.